The number of esters is 1. The van der Waals surface area contributed by atoms with Crippen molar-refractivity contribution in [2.45, 2.75) is 33.2 Å². The maximum Gasteiger partial charge on any atom is 0.325 e. The number of anilines is 1. The Hall–Kier alpha value is -1.65. The highest BCUT2D eigenvalue weighted by molar-refractivity contribution is 5.75. The highest BCUT2D eigenvalue weighted by Crippen LogP contribution is 2.14. The van der Waals surface area contributed by atoms with Crippen molar-refractivity contribution in [1.29, 1.82) is 0 Å². The lowest BCUT2D eigenvalue weighted by molar-refractivity contribution is -0.139. The second-order valence-corrected chi connectivity index (χ2v) is 4.02. The summed E-state index contributed by atoms with van der Waals surface area (Å²) in [6.45, 7) is 6.26. The van der Waals surface area contributed by atoms with Crippen molar-refractivity contribution >= 4 is 11.8 Å². The zero-order valence-corrected chi connectivity index (χ0v) is 10.8. The van der Waals surface area contributed by atoms with Crippen LogP contribution in [0.15, 0.2) is 12.4 Å². The Balaban J connectivity index is 2.92. The Bertz CT molecular complexity index is 380. The second-order valence-electron chi connectivity index (χ2n) is 4.02. The molecule has 1 aromatic heterocycles. The average Bonchev–Trinajstić information content (AvgIpc) is 2.35. The Labute approximate surface area is 102 Å². The van der Waals surface area contributed by atoms with Crippen molar-refractivity contribution < 1.29 is 9.53 Å². The van der Waals surface area contributed by atoms with Crippen LogP contribution in [-0.4, -0.2) is 35.6 Å². The molecule has 0 spiro atoms. The number of carbonyl (C=O) groups is 1. The minimum atomic E-state index is -0.268. The second kappa shape index (κ2) is 6.18. The van der Waals surface area contributed by atoms with Crippen molar-refractivity contribution in [2.75, 3.05) is 18.6 Å². The molecule has 5 heteroatoms. The van der Waals surface area contributed by atoms with Crippen LogP contribution in [0.2, 0.25) is 0 Å². The lowest BCUT2D eigenvalue weighted by Gasteiger charge is -2.26. The van der Waals surface area contributed by atoms with Crippen molar-refractivity contribution in [2.24, 2.45) is 0 Å². The van der Waals surface area contributed by atoms with E-state index in [0.717, 1.165) is 17.9 Å². The predicted molar refractivity (Wildman–Crippen MR) is 65.9 cm³/mol. The van der Waals surface area contributed by atoms with Crippen molar-refractivity contribution in [3.05, 3.63) is 18.1 Å². The molecule has 0 atom stereocenters. The number of hydrogen-bond acceptors (Lipinski definition) is 5. The van der Waals surface area contributed by atoms with E-state index in [4.69, 9.17) is 0 Å². The summed E-state index contributed by atoms with van der Waals surface area (Å²) in [6, 6.07) is 2.08. The van der Waals surface area contributed by atoms with Gasteiger partial charge in [-0.15, -0.1) is 0 Å². The molecule has 0 amide bonds. The quantitative estimate of drug-likeness (QED) is 0.725. The third-order valence-corrected chi connectivity index (χ3v) is 2.52. The molecule has 0 radical (unpaired) electrons. The first kappa shape index (κ1) is 13.4. The van der Waals surface area contributed by atoms with E-state index in [-0.39, 0.29) is 18.6 Å². The van der Waals surface area contributed by atoms with E-state index in [1.54, 1.807) is 0 Å². The number of aryl methyl sites for hydroxylation is 1. The SMILES string of the molecule is CCc1cc(N(CC(=O)OC)C(C)C)ncn1. The number of ether oxygens (including phenoxy) is 1. The number of methoxy groups -OCH3 is 1. The van der Waals surface area contributed by atoms with Gasteiger partial charge in [-0.25, -0.2) is 9.97 Å². The molecular weight excluding hydrogens is 218 g/mol. The molecule has 17 heavy (non-hydrogen) atoms. The van der Waals surface area contributed by atoms with Gasteiger partial charge in [0.05, 0.1) is 7.11 Å². The highest BCUT2D eigenvalue weighted by Gasteiger charge is 2.16. The number of aromatic nitrogens is 2. The molecule has 0 N–H and O–H groups in total. The third-order valence-electron chi connectivity index (χ3n) is 2.52. The molecule has 0 bridgehead atoms. The van der Waals surface area contributed by atoms with E-state index in [1.807, 2.05) is 31.7 Å². The van der Waals surface area contributed by atoms with Gasteiger partial charge < -0.3 is 9.64 Å². The van der Waals surface area contributed by atoms with E-state index < -0.39 is 0 Å². The first-order valence-electron chi connectivity index (χ1n) is 5.72. The van der Waals surface area contributed by atoms with Crippen LogP contribution >= 0.6 is 0 Å². The van der Waals surface area contributed by atoms with Crippen LogP contribution in [-0.2, 0) is 16.0 Å². The van der Waals surface area contributed by atoms with Crippen molar-refractivity contribution in [1.82, 2.24) is 9.97 Å². The van der Waals surface area contributed by atoms with Gasteiger partial charge in [-0.05, 0) is 20.3 Å². The Morgan fingerprint density at radius 1 is 1.47 bits per heavy atom. The lowest BCUT2D eigenvalue weighted by Crippen LogP contribution is -2.37. The maximum absolute atomic E-state index is 11.3. The van der Waals surface area contributed by atoms with Gasteiger partial charge in [-0.2, -0.15) is 0 Å². The maximum atomic E-state index is 11.3. The Morgan fingerprint density at radius 2 is 2.18 bits per heavy atom. The molecule has 0 unspecified atom stereocenters. The molecular formula is C12H19N3O2. The van der Waals surface area contributed by atoms with E-state index in [2.05, 4.69) is 14.7 Å². The molecule has 1 aromatic rings. The molecule has 0 saturated carbocycles. The summed E-state index contributed by atoms with van der Waals surface area (Å²) in [6.07, 6.45) is 2.38. The van der Waals surface area contributed by atoms with Gasteiger partial charge in [0.2, 0.25) is 0 Å². The minimum absolute atomic E-state index is 0.175. The highest BCUT2D eigenvalue weighted by atomic mass is 16.5. The zero-order chi connectivity index (χ0) is 12.8. The largest absolute Gasteiger partial charge is 0.468 e. The van der Waals surface area contributed by atoms with Gasteiger partial charge in [0.15, 0.2) is 0 Å². The summed E-state index contributed by atoms with van der Waals surface area (Å²) < 4.78 is 4.68. The standard InChI is InChI=1S/C12H19N3O2/c1-5-10-6-11(14-8-13-10)15(9(2)3)7-12(16)17-4/h6,8-9H,5,7H2,1-4H3. The van der Waals surface area contributed by atoms with Crippen LogP contribution in [0.1, 0.15) is 26.5 Å². The topological polar surface area (TPSA) is 55.3 Å². The van der Waals surface area contributed by atoms with Crippen LogP contribution in [0.3, 0.4) is 0 Å². The predicted octanol–water partition coefficient (Wildman–Crippen LogP) is 1.43. The van der Waals surface area contributed by atoms with Gasteiger partial charge in [0.1, 0.15) is 18.7 Å². The average molecular weight is 237 g/mol. The van der Waals surface area contributed by atoms with E-state index in [9.17, 15) is 4.79 Å². The molecule has 0 aliphatic heterocycles. The summed E-state index contributed by atoms with van der Waals surface area (Å²) in [7, 11) is 1.39. The summed E-state index contributed by atoms with van der Waals surface area (Å²) in [5.41, 5.74) is 0.963. The minimum Gasteiger partial charge on any atom is -0.468 e. The first-order valence-corrected chi connectivity index (χ1v) is 5.72. The Kier molecular flexibility index (Phi) is 4.87. The van der Waals surface area contributed by atoms with Gasteiger partial charge >= 0.3 is 5.97 Å². The lowest BCUT2D eigenvalue weighted by atomic mass is 10.2. The molecule has 5 nitrogen and oxygen atoms in total. The summed E-state index contributed by atoms with van der Waals surface area (Å²) >= 11 is 0. The van der Waals surface area contributed by atoms with Crippen LogP contribution in [0.4, 0.5) is 5.82 Å². The third kappa shape index (κ3) is 3.69. The normalized spacial score (nSPS) is 10.4. The van der Waals surface area contributed by atoms with Crippen molar-refractivity contribution in [3.8, 4) is 0 Å². The van der Waals surface area contributed by atoms with E-state index >= 15 is 0 Å². The molecule has 94 valence electrons. The van der Waals surface area contributed by atoms with Crippen LogP contribution in [0.25, 0.3) is 0 Å². The fraction of sp³-hybridized carbons (Fsp3) is 0.583. The van der Waals surface area contributed by atoms with Crippen molar-refractivity contribution in [3.63, 3.8) is 0 Å². The first-order chi connectivity index (χ1) is 8.08. The van der Waals surface area contributed by atoms with E-state index in [1.165, 1.54) is 13.4 Å². The summed E-state index contributed by atoms with van der Waals surface area (Å²) in [4.78, 5) is 21.6. The zero-order valence-electron chi connectivity index (χ0n) is 10.8. The summed E-state index contributed by atoms with van der Waals surface area (Å²) in [5.74, 6) is 0.493. The monoisotopic (exact) mass is 237 g/mol. The van der Waals surface area contributed by atoms with Gasteiger partial charge in [-0.1, -0.05) is 6.92 Å². The number of rotatable bonds is 5. The number of hydrogen-bond donors (Lipinski definition) is 0. The van der Waals surface area contributed by atoms with Gasteiger partial charge in [0, 0.05) is 17.8 Å². The Morgan fingerprint density at radius 3 is 2.71 bits per heavy atom. The smallest absolute Gasteiger partial charge is 0.325 e. The van der Waals surface area contributed by atoms with Crippen LogP contribution in [0, 0.1) is 0 Å². The molecule has 0 saturated heterocycles. The van der Waals surface area contributed by atoms with Crippen LogP contribution < -0.4 is 4.90 Å². The molecule has 0 aliphatic rings. The fourth-order valence-corrected chi connectivity index (χ4v) is 1.47. The molecule has 0 fully saturated rings. The summed E-state index contributed by atoms with van der Waals surface area (Å²) in [5, 5.41) is 0. The molecule has 0 aliphatic carbocycles. The molecule has 1 heterocycles. The van der Waals surface area contributed by atoms with Gasteiger partial charge in [-0.3, -0.25) is 4.79 Å². The molecule has 1 rings (SSSR count). The van der Waals surface area contributed by atoms with Gasteiger partial charge in [0.25, 0.3) is 0 Å². The molecule has 0 aromatic carbocycles. The number of carbonyl (C=O) groups excluding carboxylic acids is 1. The van der Waals surface area contributed by atoms with E-state index in [0.29, 0.717) is 0 Å². The fourth-order valence-electron chi connectivity index (χ4n) is 1.47. The number of nitrogens with zero attached hydrogens (tertiary/aromatic N) is 3. The van der Waals surface area contributed by atoms with Crippen LogP contribution in [0.5, 0.6) is 0 Å².